The van der Waals surface area contributed by atoms with Gasteiger partial charge in [-0.2, -0.15) is 13.2 Å². The number of alkyl halides is 3. The van der Waals surface area contributed by atoms with Gasteiger partial charge in [0.05, 0.1) is 12.5 Å². The molecule has 0 atom stereocenters. The molecular formula is C9H10F3NO. The number of furan rings is 1. The zero-order valence-corrected chi connectivity index (χ0v) is 7.40. The summed E-state index contributed by atoms with van der Waals surface area (Å²) in [5, 5.41) is 2.53. The summed E-state index contributed by atoms with van der Waals surface area (Å²) in [6.45, 7) is 0.204. The predicted molar refractivity (Wildman–Crippen MR) is 43.6 cm³/mol. The molecule has 1 saturated carbocycles. The summed E-state index contributed by atoms with van der Waals surface area (Å²) in [7, 11) is 0. The molecular weight excluding hydrogens is 195 g/mol. The van der Waals surface area contributed by atoms with Gasteiger partial charge in [-0.3, -0.25) is 5.32 Å². The Labute approximate surface area is 79.1 Å². The molecule has 0 aromatic carbocycles. The first-order valence-electron chi connectivity index (χ1n) is 4.36. The third-order valence-corrected chi connectivity index (χ3v) is 2.50. The number of hydrogen-bond acceptors (Lipinski definition) is 2. The Bertz CT molecular complexity index is 300. The van der Waals surface area contributed by atoms with Gasteiger partial charge in [-0.25, -0.2) is 0 Å². The van der Waals surface area contributed by atoms with Gasteiger partial charge in [0.15, 0.2) is 0 Å². The van der Waals surface area contributed by atoms with Crippen molar-refractivity contribution in [2.75, 3.05) is 0 Å². The van der Waals surface area contributed by atoms with Gasteiger partial charge in [0, 0.05) is 12.1 Å². The highest BCUT2D eigenvalue weighted by Gasteiger charge is 2.62. The molecule has 2 nitrogen and oxygen atoms in total. The molecule has 0 bridgehead atoms. The second-order valence-electron chi connectivity index (χ2n) is 3.57. The minimum atomic E-state index is -4.14. The van der Waals surface area contributed by atoms with Gasteiger partial charge in [0.1, 0.15) is 5.54 Å². The van der Waals surface area contributed by atoms with Crippen molar-refractivity contribution in [3.05, 3.63) is 24.2 Å². The van der Waals surface area contributed by atoms with Gasteiger partial charge in [-0.15, -0.1) is 0 Å². The lowest BCUT2D eigenvalue weighted by Gasteiger charge is -2.20. The Kier molecular flexibility index (Phi) is 2.06. The van der Waals surface area contributed by atoms with Gasteiger partial charge < -0.3 is 4.42 Å². The smallest absolute Gasteiger partial charge is 0.406 e. The quantitative estimate of drug-likeness (QED) is 0.819. The monoisotopic (exact) mass is 205 g/mol. The molecule has 0 unspecified atom stereocenters. The minimum absolute atomic E-state index is 0.175. The lowest BCUT2D eigenvalue weighted by Crippen LogP contribution is -2.44. The van der Waals surface area contributed by atoms with E-state index in [2.05, 4.69) is 5.32 Å². The maximum Gasteiger partial charge on any atom is 0.406 e. The van der Waals surface area contributed by atoms with Crippen LogP contribution in [0.25, 0.3) is 0 Å². The molecule has 0 spiro atoms. The minimum Gasteiger partial charge on any atom is -0.472 e. The van der Waals surface area contributed by atoms with Crippen molar-refractivity contribution in [2.24, 2.45) is 0 Å². The largest absolute Gasteiger partial charge is 0.472 e. The van der Waals surface area contributed by atoms with Crippen molar-refractivity contribution < 1.29 is 17.6 Å². The van der Waals surface area contributed by atoms with Crippen LogP contribution in [-0.2, 0) is 6.54 Å². The molecule has 1 aromatic rings. The molecule has 5 heteroatoms. The Morgan fingerprint density at radius 3 is 2.57 bits per heavy atom. The molecule has 78 valence electrons. The maximum atomic E-state index is 12.4. The van der Waals surface area contributed by atoms with Crippen LogP contribution in [0.3, 0.4) is 0 Å². The van der Waals surface area contributed by atoms with Gasteiger partial charge in [-0.05, 0) is 18.9 Å². The summed E-state index contributed by atoms with van der Waals surface area (Å²) in [4.78, 5) is 0. The van der Waals surface area contributed by atoms with E-state index >= 15 is 0 Å². The fourth-order valence-electron chi connectivity index (χ4n) is 1.35. The summed E-state index contributed by atoms with van der Waals surface area (Å²) < 4.78 is 42.1. The van der Waals surface area contributed by atoms with Crippen LogP contribution in [0.15, 0.2) is 23.0 Å². The maximum absolute atomic E-state index is 12.4. The van der Waals surface area contributed by atoms with E-state index in [1.54, 1.807) is 6.07 Å². The van der Waals surface area contributed by atoms with Crippen LogP contribution in [0.2, 0.25) is 0 Å². The van der Waals surface area contributed by atoms with E-state index in [1.165, 1.54) is 12.5 Å². The Hall–Kier alpha value is -0.970. The van der Waals surface area contributed by atoms with Crippen LogP contribution < -0.4 is 5.32 Å². The number of halogens is 3. The highest BCUT2D eigenvalue weighted by Crippen LogP contribution is 2.49. The van der Waals surface area contributed by atoms with Crippen molar-refractivity contribution in [1.29, 1.82) is 0 Å². The normalized spacial score (nSPS) is 19.6. The van der Waals surface area contributed by atoms with Crippen LogP contribution in [0, 0.1) is 0 Å². The third-order valence-electron chi connectivity index (χ3n) is 2.50. The first-order valence-corrected chi connectivity index (χ1v) is 4.36. The molecule has 1 aromatic heterocycles. The zero-order valence-electron chi connectivity index (χ0n) is 7.40. The Morgan fingerprint density at radius 2 is 2.14 bits per heavy atom. The van der Waals surface area contributed by atoms with E-state index in [4.69, 9.17) is 4.42 Å². The molecule has 14 heavy (non-hydrogen) atoms. The Morgan fingerprint density at radius 1 is 1.43 bits per heavy atom. The Balaban J connectivity index is 1.93. The van der Waals surface area contributed by atoms with Crippen molar-refractivity contribution in [1.82, 2.24) is 5.32 Å². The second kappa shape index (κ2) is 3.02. The molecule has 0 radical (unpaired) electrons. The van der Waals surface area contributed by atoms with E-state index in [1.807, 2.05) is 0 Å². The standard InChI is InChI=1S/C9H10F3NO/c10-9(11,12)8(2-3-8)13-5-7-1-4-14-6-7/h1,4,6,13H,2-3,5H2. The highest BCUT2D eigenvalue weighted by atomic mass is 19.4. The molecule has 2 rings (SSSR count). The van der Waals surface area contributed by atoms with Crippen molar-refractivity contribution >= 4 is 0 Å². The number of nitrogens with one attached hydrogen (secondary N) is 1. The molecule has 0 amide bonds. The van der Waals surface area contributed by atoms with E-state index < -0.39 is 11.7 Å². The van der Waals surface area contributed by atoms with Crippen molar-refractivity contribution in [3.63, 3.8) is 0 Å². The van der Waals surface area contributed by atoms with E-state index in [-0.39, 0.29) is 19.4 Å². The van der Waals surface area contributed by atoms with Gasteiger partial charge >= 0.3 is 6.18 Å². The van der Waals surface area contributed by atoms with Crippen LogP contribution in [0.5, 0.6) is 0 Å². The first-order chi connectivity index (χ1) is 6.54. The topological polar surface area (TPSA) is 25.2 Å². The summed E-state index contributed by atoms with van der Waals surface area (Å²) in [5.41, 5.74) is -0.898. The molecule has 1 aliphatic rings. The molecule has 1 fully saturated rings. The molecule has 1 aliphatic carbocycles. The summed E-state index contributed by atoms with van der Waals surface area (Å²) in [6, 6.07) is 1.65. The zero-order chi connectivity index (χ0) is 10.2. The SMILES string of the molecule is FC(F)(F)C1(NCc2ccoc2)CC1. The van der Waals surface area contributed by atoms with Crippen LogP contribution >= 0.6 is 0 Å². The molecule has 1 N–H and O–H groups in total. The van der Waals surface area contributed by atoms with Crippen LogP contribution in [0.4, 0.5) is 13.2 Å². The summed E-state index contributed by atoms with van der Waals surface area (Å²) in [5.74, 6) is 0. The summed E-state index contributed by atoms with van der Waals surface area (Å²) >= 11 is 0. The van der Waals surface area contributed by atoms with Crippen LogP contribution in [-0.4, -0.2) is 11.7 Å². The van der Waals surface area contributed by atoms with E-state index in [0.29, 0.717) is 0 Å². The van der Waals surface area contributed by atoms with E-state index in [0.717, 1.165) is 5.56 Å². The third kappa shape index (κ3) is 1.64. The fourth-order valence-corrected chi connectivity index (χ4v) is 1.35. The van der Waals surface area contributed by atoms with Crippen LogP contribution in [0.1, 0.15) is 18.4 Å². The van der Waals surface area contributed by atoms with Gasteiger partial charge in [0.25, 0.3) is 0 Å². The molecule has 0 aliphatic heterocycles. The number of hydrogen-bond donors (Lipinski definition) is 1. The first kappa shape index (κ1) is 9.58. The average molecular weight is 205 g/mol. The van der Waals surface area contributed by atoms with E-state index in [9.17, 15) is 13.2 Å². The van der Waals surface area contributed by atoms with Crippen molar-refractivity contribution in [3.8, 4) is 0 Å². The van der Waals surface area contributed by atoms with Gasteiger partial charge in [-0.1, -0.05) is 0 Å². The van der Waals surface area contributed by atoms with Gasteiger partial charge in [0.2, 0.25) is 0 Å². The molecule has 0 saturated heterocycles. The lowest BCUT2D eigenvalue weighted by molar-refractivity contribution is -0.166. The average Bonchev–Trinajstić information content (AvgIpc) is 2.72. The number of rotatable bonds is 3. The lowest BCUT2D eigenvalue weighted by atomic mass is 10.2. The highest BCUT2D eigenvalue weighted by molar-refractivity contribution is 5.11. The summed E-state index contributed by atoms with van der Waals surface area (Å²) in [6.07, 6.45) is -0.900. The second-order valence-corrected chi connectivity index (χ2v) is 3.57. The predicted octanol–water partition coefficient (Wildman–Crippen LogP) is 2.46. The van der Waals surface area contributed by atoms with Crippen molar-refractivity contribution in [2.45, 2.75) is 31.1 Å². The molecule has 1 heterocycles. The fraction of sp³-hybridized carbons (Fsp3) is 0.556.